The molecule has 0 radical (unpaired) electrons. The molecule has 9 heteroatoms. The van der Waals surface area contributed by atoms with Crippen LogP contribution in [0.2, 0.25) is 0 Å². The van der Waals surface area contributed by atoms with E-state index in [4.69, 9.17) is 25.4 Å². The predicted molar refractivity (Wildman–Crippen MR) is 104 cm³/mol. The first kappa shape index (κ1) is 20.0. The number of methoxy groups -OCH3 is 2. The van der Waals surface area contributed by atoms with Gasteiger partial charge in [0.15, 0.2) is 17.3 Å². The Bertz CT molecular complexity index is 809. The Kier molecular flexibility index (Phi) is 6.93. The zero-order chi connectivity index (χ0) is 19.8. The summed E-state index contributed by atoms with van der Waals surface area (Å²) in [6, 6.07) is 7.06. The minimum Gasteiger partial charge on any atom is -0.493 e. The molecular weight excluding hydrogens is 348 g/mol. The molecule has 1 heterocycles. The number of ether oxygens (including phenoxy) is 3. The van der Waals surface area contributed by atoms with Gasteiger partial charge in [0, 0.05) is 12.5 Å². The highest BCUT2D eigenvalue weighted by Crippen LogP contribution is 2.28. The molecule has 0 spiro atoms. The number of hydrogen-bond acceptors (Lipinski definition) is 7. The highest BCUT2D eigenvalue weighted by atomic mass is 16.5. The summed E-state index contributed by atoms with van der Waals surface area (Å²) in [5.41, 5.74) is 6.31. The van der Waals surface area contributed by atoms with Crippen molar-refractivity contribution >= 4 is 18.0 Å². The summed E-state index contributed by atoms with van der Waals surface area (Å²) in [4.78, 5) is 8.23. The van der Waals surface area contributed by atoms with Gasteiger partial charge in [0.25, 0.3) is 0 Å². The monoisotopic (exact) mass is 372 g/mol. The van der Waals surface area contributed by atoms with Gasteiger partial charge in [-0.25, -0.2) is 9.97 Å². The molecule has 0 aliphatic rings. The molecule has 0 bridgehead atoms. The molecule has 2 rings (SSSR count). The molecule has 3 N–H and O–H groups in total. The molecule has 144 valence electrons. The van der Waals surface area contributed by atoms with Crippen molar-refractivity contribution < 1.29 is 14.2 Å². The van der Waals surface area contributed by atoms with E-state index in [2.05, 4.69) is 15.1 Å². The fourth-order valence-electron chi connectivity index (χ4n) is 2.34. The second-order valence-corrected chi connectivity index (χ2v) is 5.77. The highest BCUT2D eigenvalue weighted by molar-refractivity contribution is 5.96. The topological polar surface area (TPSA) is 119 Å². The lowest BCUT2D eigenvalue weighted by Crippen LogP contribution is -2.28. The molecule has 0 fully saturated rings. The maximum absolute atomic E-state index is 8.45. The molecule has 0 aliphatic heterocycles. The first-order valence-corrected chi connectivity index (χ1v) is 8.29. The van der Waals surface area contributed by atoms with Crippen LogP contribution in [-0.4, -0.2) is 42.5 Å². The Morgan fingerprint density at radius 1 is 1.22 bits per heavy atom. The number of benzene rings is 1. The Morgan fingerprint density at radius 3 is 2.59 bits per heavy atom. The molecule has 1 aromatic carbocycles. The van der Waals surface area contributed by atoms with E-state index in [1.807, 2.05) is 26.0 Å². The number of aromatic nitrogens is 2. The average molecular weight is 372 g/mol. The number of rotatable bonds is 8. The van der Waals surface area contributed by atoms with Crippen LogP contribution in [0.1, 0.15) is 19.4 Å². The minimum atomic E-state index is -0.0366. The van der Waals surface area contributed by atoms with Crippen molar-refractivity contribution in [1.29, 1.82) is 5.41 Å². The number of nitrogens with two attached hydrogens (primary N) is 1. The zero-order valence-electron chi connectivity index (χ0n) is 15.8. The summed E-state index contributed by atoms with van der Waals surface area (Å²) in [5.74, 6) is 2.15. The van der Waals surface area contributed by atoms with Gasteiger partial charge in [-0.2, -0.15) is 10.1 Å². The molecule has 2 aromatic rings. The number of hydrazone groups is 1. The lowest BCUT2D eigenvalue weighted by Gasteiger charge is -2.19. The lowest BCUT2D eigenvalue weighted by atomic mass is 10.1. The predicted octanol–water partition coefficient (Wildman–Crippen LogP) is 2.21. The number of nitrogens with one attached hydrogen (secondary N) is 1. The summed E-state index contributed by atoms with van der Waals surface area (Å²) in [5, 5.41) is 13.8. The third-order valence-corrected chi connectivity index (χ3v) is 3.46. The Balaban J connectivity index is 2.25. The second-order valence-electron chi connectivity index (χ2n) is 5.77. The van der Waals surface area contributed by atoms with Gasteiger partial charge in [0.05, 0.1) is 20.3 Å². The maximum atomic E-state index is 8.45. The molecule has 0 aliphatic carbocycles. The molecule has 27 heavy (non-hydrogen) atoms. The van der Waals surface area contributed by atoms with Gasteiger partial charge in [-0.05, 0) is 31.5 Å². The molecule has 0 atom stereocenters. The number of anilines is 1. The minimum absolute atomic E-state index is 0.0366. The van der Waals surface area contributed by atoms with Gasteiger partial charge >= 0.3 is 0 Å². The van der Waals surface area contributed by atoms with Crippen molar-refractivity contribution in [2.24, 2.45) is 10.8 Å². The zero-order valence-corrected chi connectivity index (χ0v) is 15.8. The van der Waals surface area contributed by atoms with Crippen LogP contribution in [0.15, 0.2) is 35.7 Å². The summed E-state index contributed by atoms with van der Waals surface area (Å²) in [6.07, 6.45) is 2.71. The van der Waals surface area contributed by atoms with Crippen molar-refractivity contribution in [2.45, 2.75) is 26.4 Å². The average Bonchev–Trinajstić information content (AvgIpc) is 2.65. The summed E-state index contributed by atoms with van der Waals surface area (Å²) in [6.45, 7) is 3.80. The lowest BCUT2D eigenvalue weighted by molar-refractivity contribution is 0.232. The Labute approximate surface area is 158 Å². The molecule has 0 unspecified atom stereocenters. The SMILES string of the molecule is COc1ccc(CC(=N)N(/N=C/N)c2cc(OC(C)C)ncn2)cc1OC. The third kappa shape index (κ3) is 5.30. The van der Waals surface area contributed by atoms with E-state index < -0.39 is 0 Å². The van der Waals surface area contributed by atoms with Crippen LogP contribution >= 0.6 is 0 Å². The number of nitrogens with zero attached hydrogens (tertiary/aromatic N) is 4. The van der Waals surface area contributed by atoms with Crippen molar-refractivity contribution in [3.8, 4) is 17.4 Å². The second kappa shape index (κ2) is 9.37. The molecule has 1 aromatic heterocycles. The first-order chi connectivity index (χ1) is 13.0. The Morgan fingerprint density at radius 2 is 1.96 bits per heavy atom. The normalized spacial score (nSPS) is 10.9. The molecule has 0 amide bonds. The third-order valence-electron chi connectivity index (χ3n) is 3.46. The highest BCUT2D eigenvalue weighted by Gasteiger charge is 2.16. The van der Waals surface area contributed by atoms with Gasteiger partial charge in [-0.3, -0.25) is 5.41 Å². The van der Waals surface area contributed by atoms with Gasteiger partial charge in [-0.15, -0.1) is 0 Å². The van der Waals surface area contributed by atoms with Crippen LogP contribution < -0.4 is 25.0 Å². The summed E-state index contributed by atoms with van der Waals surface area (Å²) >= 11 is 0. The quantitative estimate of drug-likeness (QED) is 0.414. The van der Waals surface area contributed by atoms with Crippen LogP contribution in [0.4, 0.5) is 5.82 Å². The van der Waals surface area contributed by atoms with Crippen LogP contribution in [0.3, 0.4) is 0 Å². The van der Waals surface area contributed by atoms with Gasteiger partial charge in [0.1, 0.15) is 18.5 Å². The smallest absolute Gasteiger partial charge is 0.218 e. The molecule has 0 saturated heterocycles. The number of amidine groups is 1. The fraction of sp³-hybridized carbons (Fsp3) is 0.333. The van der Waals surface area contributed by atoms with Gasteiger partial charge < -0.3 is 19.9 Å². The summed E-state index contributed by atoms with van der Waals surface area (Å²) < 4.78 is 16.1. The molecule has 9 nitrogen and oxygen atoms in total. The maximum Gasteiger partial charge on any atom is 0.218 e. The van der Waals surface area contributed by atoms with Crippen LogP contribution in [-0.2, 0) is 6.42 Å². The Hall–Kier alpha value is -3.36. The molecule has 0 saturated carbocycles. The standard InChI is InChI=1S/C18H24N6O3/c1-12(2)27-18-9-17(21-11-22-18)24(23-10-19)16(20)8-13-5-6-14(25-3)15(7-13)26-4/h5-7,9-12,20H,8H2,1-4H3,(H2,19,23). The van der Waals surface area contributed by atoms with E-state index in [1.54, 1.807) is 26.4 Å². The van der Waals surface area contributed by atoms with E-state index in [1.165, 1.54) is 11.3 Å². The van der Waals surface area contributed by atoms with E-state index in [0.29, 0.717) is 23.2 Å². The largest absolute Gasteiger partial charge is 0.493 e. The van der Waals surface area contributed by atoms with E-state index in [9.17, 15) is 0 Å². The van der Waals surface area contributed by atoms with Crippen molar-refractivity contribution in [2.75, 3.05) is 19.2 Å². The van der Waals surface area contributed by atoms with Crippen LogP contribution in [0, 0.1) is 5.41 Å². The fourth-order valence-corrected chi connectivity index (χ4v) is 2.34. The van der Waals surface area contributed by atoms with Gasteiger partial charge in [-0.1, -0.05) is 6.07 Å². The van der Waals surface area contributed by atoms with Crippen molar-refractivity contribution in [1.82, 2.24) is 9.97 Å². The van der Waals surface area contributed by atoms with Crippen molar-refractivity contribution in [3.05, 3.63) is 36.2 Å². The number of hydrogen-bond donors (Lipinski definition) is 2. The first-order valence-electron chi connectivity index (χ1n) is 8.29. The van der Waals surface area contributed by atoms with Gasteiger partial charge in [0.2, 0.25) is 5.88 Å². The van der Waals surface area contributed by atoms with E-state index >= 15 is 0 Å². The summed E-state index contributed by atoms with van der Waals surface area (Å²) in [7, 11) is 3.14. The van der Waals surface area contributed by atoms with E-state index in [0.717, 1.165) is 11.9 Å². The molecular formula is C18H24N6O3. The van der Waals surface area contributed by atoms with Crippen LogP contribution in [0.5, 0.6) is 17.4 Å². The van der Waals surface area contributed by atoms with E-state index in [-0.39, 0.29) is 18.4 Å². The van der Waals surface area contributed by atoms with Crippen molar-refractivity contribution in [3.63, 3.8) is 0 Å². The van der Waals surface area contributed by atoms with Crippen LogP contribution in [0.25, 0.3) is 0 Å².